The first-order valence-electron chi connectivity index (χ1n) is 4.00. The minimum atomic E-state index is -1.00. The maximum absolute atomic E-state index is 10.7. The van der Waals surface area contributed by atoms with Crippen LogP contribution in [0.25, 0.3) is 0 Å². The Kier molecular flexibility index (Phi) is 5.06. The van der Waals surface area contributed by atoms with E-state index in [0.29, 0.717) is 18.6 Å². The summed E-state index contributed by atoms with van der Waals surface area (Å²) >= 11 is 5.36. The molecule has 67 valence electrons. The molecule has 0 aliphatic carbocycles. The maximum atomic E-state index is 10.7. The van der Waals surface area contributed by atoms with Crippen molar-refractivity contribution in [3.63, 3.8) is 0 Å². The standard InChI is InChI=1S/C8H17ClNO/c1-6(2)10(7(3)4)5-8(9)11/h6-8H,5H2,1-4H3. The van der Waals surface area contributed by atoms with Gasteiger partial charge >= 0.3 is 0 Å². The second-order valence-corrected chi connectivity index (χ2v) is 3.78. The molecule has 0 aromatic heterocycles. The minimum Gasteiger partial charge on any atom is -0.295 e. The van der Waals surface area contributed by atoms with E-state index in [-0.39, 0.29) is 0 Å². The predicted molar refractivity (Wildman–Crippen MR) is 47.3 cm³/mol. The lowest BCUT2D eigenvalue weighted by atomic mass is 10.2. The van der Waals surface area contributed by atoms with Crippen LogP contribution in [0.1, 0.15) is 27.7 Å². The molecule has 1 unspecified atom stereocenters. The molecule has 0 saturated carbocycles. The maximum Gasteiger partial charge on any atom is 0.179 e. The Morgan fingerprint density at radius 3 is 1.64 bits per heavy atom. The van der Waals surface area contributed by atoms with E-state index in [9.17, 15) is 5.11 Å². The largest absolute Gasteiger partial charge is 0.295 e. The first-order chi connectivity index (χ1) is 4.95. The van der Waals surface area contributed by atoms with Gasteiger partial charge in [-0.1, -0.05) is 11.6 Å². The average Bonchev–Trinajstić information content (AvgIpc) is 1.81. The van der Waals surface area contributed by atoms with Crippen molar-refractivity contribution in [3.8, 4) is 0 Å². The van der Waals surface area contributed by atoms with Gasteiger partial charge in [-0.15, -0.1) is 0 Å². The van der Waals surface area contributed by atoms with Gasteiger partial charge in [0, 0.05) is 18.6 Å². The van der Waals surface area contributed by atoms with Crippen molar-refractivity contribution in [3.05, 3.63) is 0 Å². The molecule has 0 aliphatic heterocycles. The first kappa shape index (κ1) is 11.2. The predicted octanol–water partition coefficient (Wildman–Crippen LogP) is 2.10. The van der Waals surface area contributed by atoms with Crippen LogP contribution in [-0.2, 0) is 5.11 Å². The van der Waals surface area contributed by atoms with E-state index in [0.717, 1.165) is 0 Å². The molecule has 1 radical (unpaired) electrons. The van der Waals surface area contributed by atoms with E-state index in [1.807, 2.05) is 0 Å². The SMILES string of the molecule is CC(C)N(CC([O])Cl)C(C)C. The Morgan fingerprint density at radius 2 is 1.55 bits per heavy atom. The van der Waals surface area contributed by atoms with E-state index in [4.69, 9.17) is 11.6 Å². The molecule has 0 aromatic carbocycles. The molecule has 2 nitrogen and oxygen atoms in total. The van der Waals surface area contributed by atoms with E-state index in [2.05, 4.69) is 32.6 Å². The highest BCUT2D eigenvalue weighted by molar-refractivity contribution is 6.19. The fourth-order valence-electron chi connectivity index (χ4n) is 1.18. The number of hydrogen-bond donors (Lipinski definition) is 0. The van der Waals surface area contributed by atoms with Crippen molar-refractivity contribution < 1.29 is 5.11 Å². The van der Waals surface area contributed by atoms with Crippen LogP contribution in [0.2, 0.25) is 0 Å². The zero-order valence-corrected chi connectivity index (χ0v) is 8.43. The Morgan fingerprint density at radius 1 is 1.18 bits per heavy atom. The van der Waals surface area contributed by atoms with Crippen molar-refractivity contribution in [2.45, 2.75) is 45.3 Å². The van der Waals surface area contributed by atoms with Crippen molar-refractivity contribution >= 4 is 11.6 Å². The number of halogens is 1. The number of nitrogens with zero attached hydrogens (tertiary/aromatic N) is 1. The highest BCUT2D eigenvalue weighted by atomic mass is 35.5. The van der Waals surface area contributed by atoms with Crippen LogP contribution in [0.15, 0.2) is 0 Å². The van der Waals surface area contributed by atoms with Crippen molar-refractivity contribution in [1.82, 2.24) is 4.90 Å². The second kappa shape index (κ2) is 4.96. The molecular weight excluding hydrogens is 162 g/mol. The van der Waals surface area contributed by atoms with Crippen LogP contribution in [0.5, 0.6) is 0 Å². The van der Waals surface area contributed by atoms with E-state index in [1.54, 1.807) is 0 Å². The van der Waals surface area contributed by atoms with Crippen LogP contribution < -0.4 is 0 Å². The van der Waals surface area contributed by atoms with Crippen LogP contribution >= 0.6 is 11.6 Å². The monoisotopic (exact) mass is 178 g/mol. The molecule has 0 fully saturated rings. The zero-order valence-electron chi connectivity index (χ0n) is 7.67. The molecule has 0 rings (SSSR count). The molecule has 3 heteroatoms. The number of hydrogen-bond acceptors (Lipinski definition) is 1. The molecule has 0 saturated heterocycles. The van der Waals surface area contributed by atoms with Gasteiger partial charge in [0.25, 0.3) is 0 Å². The molecule has 1 atom stereocenters. The smallest absolute Gasteiger partial charge is 0.179 e. The van der Waals surface area contributed by atoms with Gasteiger partial charge < -0.3 is 0 Å². The third-order valence-electron chi connectivity index (χ3n) is 1.68. The lowest BCUT2D eigenvalue weighted by Crippen LogP contribution is -2.40. The van der Waals surface area contributed by atoms with Crippen LogP contribution in [-0.4, -0.2) is 29.1 Å². The van der Waals surface area contributed by atoms with Gasteiger partial charge in [-0.05, 0) is 27.7 Å². The topological polar surface area (TPSA) is 23.1 Å². The molecule has 0 N–H and O–H groups in total. The summed E-state index contributed by atoms with van der Waals surface area (Å²) in [6.07, 6.45) is 0. The number of rotatable bonds is 4. The fraction of sp³-hybridized carbons (Fsp3) is 1.00. The Balaban J connectivity index is 3.90. The van der Waals surface area contributed by atoms with E-state index < -0.39 is 5.56 Å². The van der Waals surface area contributed by atoms with Gasteiger partial charge in [-0.2, -0.15) is 0 Å². The summed E-state index contributed by atoms with van der Waals surface area (Å²) in [7, 11) is 0. The third kappa shape index (κ3) is 4.62. The summed E-state index contributed by atoms with van der Waals surface area (Å²) in [6, 6.07) is 0.787. The van der Waals surface area contributed by atoms with Crippen LogP contribution in [0.4, 0.5) is 0 Å². The molecule has 0 spiro atoms. The van der Waals surface area contributed by atoms with Crippen molar-refractivity contribution in [2.75, 3.05) is 6.54 Å². The van der Waals surface area contributed by atoms with Gasteiger partial charge in [0.1, 0.15) is 0 Å². The second-order valence-electron chi connectivity index (χ2n) is 3.29. The summed E-state index contributed by atoms with van der Waals surface area (Å²) in [5.41, 5.74) is -1.00. The third-order valence-corrected chi connectivity index (χ3v) is 1.82. The van der Waals surface area contributed by atoms with Gasteiger partial charge in [-0.25, -0.2) is 5.11 Å². The van der Waals surface area contributed by atoms with Crippen molar-refractivity contribution in [1.29, 1.82) is 0 Å². The molecular formula is C8H17ClNO. The van der Waals surface area contributed by atoms with E-state index in [1.165, 1.54) is 0 Å². The van der Waals surface area contributed by atoms with Crippen molar-refractivity contribution in [2.24, 2.45) is 0 Å². The molecule has 0 aliphatic rings. The Bertz CT molecular complexity index is 96.3. The summed E-state index contributed by atoms with van der Waals surface area (Å²) < 4.78 is 0. The first-order valence-corrected chi connectivity index (χ1v) is 4.44. The fourth-order valence-corrected chi connectivity index (χ4v) is 1.34. The summed E-state index contributed by atoms with van der Waals surface area (Å²) in [5, 5.41) is 10.7. The lowest BCUT2D eigenvalue weighted by molar-refractivity contribution is 0.0769. The highest BCUT2D eigenvalue weighted by Gasteiger charge is 2.16. The Hall–Kier alpha value is 0.210. The lowest BCUT2D eigenvalue weighted by Gasteiger charge is -2.30. The highest BCUT2D eigenvalue weighted by Crippen LogP contribution is 2.07. The minimum absolute atomic E-state index is 0.394. The van der Waals surface area contributed by atoms with Gasteiger partial charge in [-0.3, -0.25) is 4.90 Å². The molecule has 0 amide bonds. The summed E-state index contributed by atoms with van der Waals surface area (Å²) in [4.78, 5) is 2.09. The Labute approximate surface area is 74.2 Å². The quantitative estimate of drug-likeness (QED) is 0.605. The van der Waals surface area contributed by atoms with Gasteiger partial charge in [0.2, 0.25) is 0 Å². The normalized spacial score (nSPS) is 15.0. The zero-order chi connectivity index (χ0) is 9.02. The molecule has 0 heterocycles. The number of alkyl halides is 1. The van der Waals surface area contributed by atoms with Gasteiger partial charge in [0.05, 0.1) is 0 Å². The average molecular weight is 179 g/mol. The summed E-state index contributed by atoms with van der Waals surface area (Å²) in [5.74, 6) is 0. The van der Waals surface area contributed by atoms with E-state index >= 15 is 0 Å². The summed E-state index contributed by atoms with van der Waals surface area (Å²) in [6.45, 7) is 8.70. The molecule has 0 bridgehead atoms. The van der Waals surface area contributed by atoms with Crippen LogP contribution in [0, 0.1) is 0 Å². The van der Waals surface area contributed by atoms with Crippen LogP contribution in [0.3, 0.4) is 0 Å². The molecule has 11 heavy (non-hydrogen) atoms. The molecule has 0 aromatic rings. The van der Waals surface area contributed by atoms with Gasteiger partial charge in [0.15, 0.2) is 5.56 Å².